The number of amides is 1. The minimum Gasteiger partial charge on any atom is -0.321 e. The Hall–Kier alpha value is -1.71. The van der Waals surface area contributed by atoms with Gasteiger partial charge in [-0.15, -0.1) is 0 Å². The smallest absolute Gasteiger partial charge is 0.321 e. The third-order valence-corrected chi connectivity index (χ3v) is 2.40. The lowest BCUT2D eigenvalue weighted by Crippen LogP contribution is -2.32. The lowest BCUT2D eigenvalue weighted by Gasteiger charge is -2.20. The molecule has 0 radical (unpaired) electrons. The number of carbonyl (C=O) groups excluding carboxylic acids is 1. The molecule has 0 saturated heterocycles. The molecule has 1 heterocycles. The van der Waals surface area contributed by atoms with E-state index in [2.05, 4.69) is 6.07 Å². The summed E-state index contributed by atoms with van der Waals surface area (Å²) >= 11 is 0. The summed E-state index contributed by atoms with van der Waals surface area (Å²) in [5, 5.41) is 1.65. The number of benzene rings is 1. The lowest BCUT2D eigenvalue weighted by atomic mass is 10.2. The molecule has 0 fully saturated rings. The summed E-state index contributed by atoms with van der Waals surface area (Å²) in [7, 11) is 3.34. The summed E-state index contributed by atoms with van der Waals surface area (Å²) in [6, 6.07) is 7.96. The van der Waals surface area contributed by atoms with Gasteiger partial charge in [0.25, 0.3) is 0 Å². The second-order valence-corrected chi connectivity index (χ2v) is 3.73. The highest BCUT2D eigenvalue weighted by Crippen LogP contribution is 2.27. The molecule has 15 heavy (non-hydrogen) atoms. The van der Waals surface area contributed by atoms with E-state index in [1.165, 1.54) is 10.5 Å². The monoisotopic (exact) mass is 206 g/mol. The zero-order valence-electron chi connectivity index (χ0n) is 8.93. The molecule has 1 aliphatic heterocycles. The summed E-state index contributed by atoms with van der Waals surface area (Å²) in [5.74, 6) is 0. The Morgan fingerprint density at radius 3 is 2.87 bits per heavy atom. The Morgan fingerprint density at radius 1 is 1.40 bits per heavy atom. The van der Waals surface area contributed by atoms with Crippen LogP contribution in [-0.4, -0.2) is 31.6 Å². The van der Waals surface area contributed by atoms with Crippen LogP contribution < -0.4 is 5.06 Å². The number of hydrogen-bond acceptors (Lipinski definition) is 3. The highest BCUT2D eigenvalue weighted by molar-refractivity contribution is 5.69. The van der Waals surface area contributed by atoms with Gasteiger partial charge in [-0.05, 0) is 18.1 Å². The summed E-state index contributed by atoms with van der Waals surface area (Å²) in [4.78, 5) is 18.0. The van der Waals surface area contributed by atoms with Crippen LogP contribution in [0.2, 0.25) is 0 Å². The van der Waals surface area contributed by atoms with E-state index in [1.807, 2.05) is 18.2 Å². The number of anilines is 1. The quantitative estimate of drug-likeness (QED) is 0.700. The Bertz CT molecular complexity index is 377. The molecular weight excluding hydrogens is 192 g/mol. The molecule has 0 atom stereocenters. The van der Waals surface area contributed by atoms with Crippen LogP contribution in [0.25, 0.3) is 0 Å². The van der Waals surface area contributed by atoms with Crippen LogP contribution in [0.3, 0.4) is 0 Å². The van der Waals surface area contributed by atoms with E-state index in [-0.39, 0.29) is 6.09 Å². The van der Waals surface area contributed by atoms with Gasteiger partial charge in [0.05, 0.1) is 12.2 Å². The molecule has 1 amide bonds. The van der Waals surface area contributed by atoms with Crippen molar-refractivity contribution in [1.82, 2.24) is 4.90 Å². The van der Waals surface area contributed by atoms with Crippen LogP contribution in [0.1, 0.15) is 5.56 Å². The molecule has 0 spiro atoms. The maximum absolute atomic E-state index is 11.4. The number of hydrogen-bond donors (Lipinski definition) is 0. The fourth-order valence-corrected chi connectivity index (χ4v) is 1.58. The number of nitrogens with zero attached hydrogens (tertiary/aromatic N) is 2. The molecule has 80 valence electrons. The van der Waals surface area contributed by atoms with E-state index in [1.54, 1.807) is 19.2 Å². The average Bonchev–Trinajstić information content (AvgIpc) is 2.62. The fourth-order valence-electron chi connectivity index (χ4n) is 1.58. The van der Waals surface area contributed by atoms with Gasteiger partial charge in [-0.1, -0.05) is 18.2 Å². The molecule has 0 unspecified atom stereocenters. The van der Waals surface area contributed by atoms with Gasteiger partial charge in [0.2, 0.25) is 0 Å². The molecule has 4 nitrogen and oxygen atoms in total. The topological polar surface area (TPSA) is 32.8 Å². The van der Waals surface area contributed by atoms with Crippen molar-refractivity contribution in [3.63, 3.8) is 0 Å². The van der Waals surface area contributed by atoms with E-state index in [4.69, 9.17) is 4.84 Å². The van der Waals surface area contributed by atoms with Crippen molar-refractivity contribution in [2.24, 2.45) is 0 Å². The van der Waals surface area contributed by atoms with E-state index in [0.717, 1.165) is 18.7 Å². The number of para-hydroxylation sites is 1. The lowest BCUT2D eigenvalue weighted by molar-refractivity contribution is 0.108. The summed E-state index contributed by atoms with van der Waals surface area (Å²) in [6.07, 6.45) is 0.586. The zero-order valence-corrected chi connectivity index (χ0v) is 8.93. The normalized spacial score (nSPS) is 13.6. The van der Waals surface area contributed by atoms with Crippen LogP contribution >= 0.6 is 0 Å². The summed E-state index contributed by atoms with van der Waals surface area (Å²) in [6.45, 7) is 0.735. The van der Waals surface area contributed by atoms with Crippen LogP contribution in [0.5, 0.6) is 0 Å². The molecule has 0 aliphatic carbocycles. The number of rotatable bonds is 1. The van der Waals surface area contributed by atoms with Crippen molar-refractivity contribution in [3.8, 4) is 0 Å². The van der Waals surface area contributed by atoms with Crippen LogP contribution in [0.4, 0.5) is 10.5 Å². The van der Waals surface area contributed by atoms with Gasteiger partial charge in [-0.2, -0.15) is 0 Å². The van der Waals surface area contributed by atoms with Crippen molar-refractivity contribution >= 4 is 11.8 Å². The molecule has 1 aliphatic rings. The highest BCUT2D eigenvalue weighted by Gasteiger charge is 2.22. The van der Waals surface area contributed by atoms with Crippen molar-refractivity contribution in [2.75, 3.05) is 25.7 Å². The maximum atomic E-state index is 11.4. The molecule has 1 aromatic carbocycles. The zero-order chi connectivity index (χ0) is 10.8. The highest BCUT2D eigenvalue weighted by atomic mass is 16.7. The second kappa shape index (κ2) is 3.81. The molecule has 0 aromatic heterocycles. The van der Waals surface area contributed by atoms with Crippen molar-refractivity contribution < 1.29 is 9.63 Å². The first kappa shape index (κ1) is 9.83. The number of fused-ring (bicyclic) bond motifs is 1. The fraction of sp³-hybridized carbons (Fsp3) is 0.364. The first-order chi connectivity index (χ1) is 7.18. The molecule has 2 rings (SSSR count). The van der Waals surface area contributed by atoms with Crippen LogP contribution in [0, 0.1) is 0 Å². The molecule has 4 heteroatoms. The average molecular weight is 206 g/mol. The van der Waals surface area contributed by atoms with Gasteiger partial charge in [0.15, 0.2) is 0 Å². The third kappa shape index (κ3) is 1.88. The predicted octanol–water partition coefficient (Wildman–Crippen LogP) is 1.66. The van der Waals surface area contributed by atoms with E-state index >= 15 is 0 Å². The van der Waals surface area contributed by atoms with Gasteiger partial charge in [-0.3, -0.25) is 0 Å². The van der Waals surface area contributed by atoms with Crippen LogP contribution in [0.15, 0.2) is 24.3 Å². The Kier molecular flexibility index (Phi) is 2.49. The SMILES string of the molecule is CN(C)C(=O)ON1CCc2ccccc21. The largest absolute Gasteiger partial charge is 0.433 e. The van der Waals surface area contributed by atoms with Gasteiger partial charge in [0, 0.05) is 14.1 Å². The molecule has 0 saturated carbocycles. The van der Waals surface area contributed by atoms with Crippen molar-refractivity contribution in [3.05, 3.63) is 29.8 Å². The second-order valence-electron chi connectivity index (χ2n) is 3.73. The van der Waals surface area contributed by atoms with Crippen LogP contribution in [-0.2, 0) is 11.3 Å². The number of carbonyl (C=O) groups is 1. The number of hydroxylamine groups is 1. The third-order valence-electron chi connectivity index (χ3n) is 2.40. The summed E-state index contributed by atoms with van der Waals surface area (Å²) in [5.41, 5.74) is 2.22. The molecule has 1 aromatic rings. The minimum atomic E-state index is -0.341. The van der Waals surface area contributed by atoms with Gasteiger partial charge in [0.1, 0.15) is 0 Å². The molecule has 0 bridgehead atoms. The van der Waals surface area contributed by atoms with E-state index in [0.29, 0.717) is 0 Å². The van der Waals surface area contributed by atoms with Crippen molar-refractivity contribution in [1.29, 1.82) is 0 Å². The van der Waals surface area contributed by atoms with Crippen molar-refractivity contribution in [2.45, 2.75) is 6.42 Å². The van der Waals surface area contributed by atoms with E-state index < -0.39 is 0 Å². The minimum absolute atomic E-state index is 0.341. The predicted molar refractivity (Wildman–Crippen MR) is 57.7 cm³/mol. The first-order valence-corrected chi connectivity index (χ1v) is 4.93. The van der Waals surface area contributed by atoms with E-state index in [9.17, 15) is 4.79 Å². The Balaban J connectivity index is 2.11. The van der Waals surface area contributed by atoms with Gasteiger partial charge >= 0.3 is 6.09 Å². The standard InChI is InChI=1S/C11H14N2O2/c1-12(2)11(14)15-13-8-7-9-5-3-4-6-10(9)13/h3-6H,7-8H2,1-2H3. The van der Waals surface area contributed by atoms with Gasteiger partial charge < -0.3 is 9.74 Å². The molecule has 0 N–H and O–H groups in total. The maximum Gasteiger partial charge on any atom is 0.433 e. The Morgan fingerprint density at radius 2 is 2.13 bits per heavy atom. The Labute approximate surface area is 89.0 Å². The summed E-state index contributed by atoms with van der Waals surface area (Å²) < 4.78 is 0. The molecular formula is C11H14N2O2. The van der Waals surface area contributed by atoms with Gasteiger partial charge in [-0.25, -0.2) is 9.86 Å². The first-order valence-electron chi connectivity index (χ1n) is 4.93.